The lowest BCUT2D eigenvalue weighted by Gasteiger charge is -2.22. The van der Waals surface area contributed by atoms with E-state index in [0.717, 1.165) is 48.2 Å². The van der Waals surface area contributed by atoms with Crippen molar-refractivity contribution in [1.29, 1.82) is 0 Å². The van der Waals surface area contributed by atoms with Gasteiger partial charge in [-0.15, -0.1) is 12.4 Å². The first-order valence-corrected chi connectivity index (χ1v) is 6.20. The molecule has 18 heavy (non-hydrogen) atoms. The molecule has 3 nitrogen and oxygen atoms in total. The average Bonchev–Trinajstić information content (AvgIpc) is 2.40. The molecule has 0 amide bonds. The molecule has 1 fully saturated rings. The zero-order valence-electron chi connectivity index (χ0n) is 10.2. The normalized spacial score (nSPS) is 16.4. The Labute approximate surface area is 113 Å². The molecule has 0 spiro atoms. The van der Waals surface area contributed by atoms with Crippen LogP contribution in [0.4, 0.5) is 5.69 Å². The summed E-state index contributed by atoms with van der Waals surface area (Å²) in [6.07, 6.45) is 2.32. The number of nitrogens with one attached hydrogen (secondary N) is 1. The molecule has 0 radical (unpaired) electrons. The second kappa shape index (κ2) is 5.55. The second-order valence-corrected chi connectivity index (χ2v) is 4.68. The minimum atomic E-state index is 0. The molecule has 3 N–H and O–H groups in total. The Bertz CT molecular complexity index is 536. The fraction of sp³-hybridized carbons (Fsp3) is 0.357. The van der Waals surface area contributed by atoms with Crippen LogP contribution in [0.3, 0.4) is 0 Å². The number of anilines is 1. The largest absolute Gasteiger partial charge is 0.398 e. The molecule has 0 aliphatic carbocycles. The standard InChI is InChI=1S/C14H17N3.ClH/c15-12-9-14(10-5-7-16-8-6-10)17-13-4-2-1-3-11(12)13;/h1-4,9-10,16H,5-8H2,(H2,15,17);1H. The van der Waals surface area contributed by atoms with Crippen molar-refractivity contribution in [3.63, 3.8) is 0 Å². The zero-order chi connectivity index (χ0) is 11.7. The Morgan fingerprint density at radius 1 is 1.17 bits per heavy atom. The number of fused-ring (bicyclic) bond motifs is 1. The summed E-state index contributed by atoms with van der Waals surface area (Å²) in [5, 5.41) is 4.44. The van der Waals surface area contributed by atoms with Gasteiger partial charge in [0.25, 0.3) is 0 Å². The van der Waals surface area contributed by atoms with Gasteiger partial charge in [-0.25, -0.2) is 0 Å². The lowest BCUT2D eigenvalue weighted by atomic mass is 9.93. The average molecular weight is 264 g/mol. The Hall–Kier alpha value is -1.32. The van der Waals surface area contributed by atoms with Crippen LogP contribution in [0.25, 0.3) is 10.9 Å². The SMILES string of the molecule is Cl.Nc1cc(C2CCNCC2)nc2ccccc12. The van der Waals surface area contributed by atoms with Gasteiger partial charge in [0.1, 0.15) is 0 Å². The highest BCUT2D eigenvalue weighted by atomic mass is 35.5. The number of nitrogens with zero attached hydrogens (tertiary/aromatic N) is 1. The van der Waals surface area contributed by atoms with Crippen LogP contribution in [0.1, 0.15) is 24.5 Å². The fourth-order valence-electron chi connectivity index (χ4n) is 2.55. The Kier molecular flexibility index (Phi) is 4.04. The van der Waals surface area contributed by atoms with Crippen molar-refractivity contribution in [3.05, 3.63) is 36.0 Å². The summed E-state index contributed by atoms with van der Waals surface area (Å²) in [7, 11) is 0. The van der Waals surface area contributed by atoms with Gasteiger partial charge in [-0.1, -0.05) is 18.2 Å². The van der Waals surface area contributed by atoms with Gasteiger partial charge in [0.2, 0.25) is 0 Å². The van der Waals surface area contributed by atoms with Crippen LogP contribution in [-0.2, 0) is 0 Å². The van der Waals surface area contributed by atoms with E-state index in [0.29, 0.717) is 5.92 Å². The number of nitrogen functional groups attached to an aromatic ring is 1. The van der Waals surface area contributed by atoms with Gasteiger partial charge in [-0.2, -0.15) is 0 Å². The van der Waals surface area contributed by atoms with E-state index in [9.17, 15) is 0 Å². The molecule has 2 aromatic rings. The minimum absolute atomic E-state index is 0. The van der Waals surface area contributed by atoms with Crippen LogP contribution in [0.5, 0.6) is 0 Å². The van der Waals surface area contributed by atoms with E-state index in [1.165, 1.54) is 0 Å². The number of benzene rings is 1. The van der Waals surface area contributed by atoms with E-state index in [2.05, 4.69) is 11.4 Å². The molecule has 0 bridgehead atoms. The number of piperidine rings is 1. The molecule has 0 saturated carbocycles. The Morgan fingerprint density at radius 3 is 2.67 bits per heavy atom. The number of hydrogen-bond donors (Lipinski definition) is 2. The van der Waals surface area contributed by atoms with Gasteiger partial charge >= 0.3 is 0 Å². The Balaban J connectivity index is 0.00000120. The van der Waals surface area contributed by atoms with Crippen LogP contribution >= 0.6 is 12.4 Å². The Morgan fingerprint density at radius 2 is 1.89 bits per heavy atom. The van der Waals surface area contributed by atoms with Crippen LogP contribution < -0.4 is 11.1 Å². The number of rotatable bonds is 1. The summed E-state index contributed by atoms with van der Waals surface area (Å²) in [6, 6.07) is 10.1. The number of para-hydroxylation sites is 1. The summed E-state index contributed by atoms with van der Waals surface area (Å²) >= 11 is 0. The molecule has 0 unspecified atom stereocenters. The fourth-order valence-corrected chi connectivity index (χ4v) is 2.55. The van der Waals surface area contributed by atoms with Crippen LogP contribution in [-0.4, -0.2) is 18.1 Å². The summed E-state index contributed by atoms with van der Waals surface area (Å²) in [4.78, 5) is 4.75. The van der Waals surface area contributed by atoms with E-state index in [1.807, 2.05) is 24.3 Å². The second-order valence-electron chi connectivity index (χ2n) is 4.68. The summed E-state index contributed by atoms with van der Waals surface area (Å²) in [5.41, 5.74) is 9.13. The van der Waals surface area contributed by atoms with E-state index in [4.69, 9.17) is 10.7 Å². The molecule has 2 heterocycles. The molecule has 1 saturated heterocycles. The molecular weight excluding hydrogens is 246 g/mol. The van der Waals surface area contributed by atoms with E-state index >= 15 is 0 Å². The first-order valence-electron chi connectivity index (χ1n) is 6.20. The molecule has 1 aromatic heterocycles. The number of pyridine rings is 1. The van der Waals surface area contributed by atoms with Crippen molar-refractivity contribution in [1.82, 2.24) is 10.3 Å². The lowest BCUT2D eigenvalue weighted by Crippen LogP contribution is -2.27. The van der Waals surface area contributed by atoms with Crippen LogP contribution in [0, 0.1) is 0 Å². The predicted molar refractivity (Wildman–Crippen MR) is 78.2 cm³/mol. The van der Waals surface area contributed by atoms with Gasteiger partial charge in [0.05, 0.1) is 5.52 Å². The molecule has 1 aromatic carbocycles. The van der Waals surface area contributed by atoms with E-state index in [-0.39, 0.29) is 12.4 Å². The van der Waals surface area contributed by atoms with E-state index < -0.39 is 0 Å². The highest BCUT2D eigenvalue weighted by Crippen LogP contribution is 2.28. The summed E-state index contributed by atoms with van der Waals surface area (Å²) < 4.78 is 0. The molecule has 96 valence electrons. The maximum atomic E-state index is 6.11. The first kappa shape index (κ1) is 13.1. The highest BCUT2D eigenvalue weighted by Gasteiger charge is 2.17. The van der Waals surface area contributed by atoms with Gasteiger partial charge in [0.15, 0.2) is 0 Å². The number of nitrogens with two attached hydrogens (primary N) is 1. The van der Waals surface area contributed by atoms with Gasteiger partial charge < -0.3 is 11.1 Å². The maximum absolute atomic E-state index is 6.11. The van der Waals surface area contributed by atoms with Crippen molar-refractivity contribution in [3.8, 4) is 0 Å². The predicted octanol–water partition coefficient (Wildman–Crippen LogP) is 2.71. The van der Waals surface area contributed by atoms with Crippen molar-refractivity contribution >= 4 is 29.0 Å². The molecule has 4 heteroatoms. The quantitative estimate of drug-likeness (QED) is 0.832. The monoisotopic (exact) mass is 263 g/mol. The third-order valence-corrected chi connectivity index (χ3v) is 3.53. The maximum Gasteiger partial charge on any atom is 0.0726 e. The van der Waals surface area contributed by atoms with E-state index in [1.54, 1.807) is 0 Å². The van der Waals surface area contributed by atoms with Crippen LogP contribution in [0.2, 0.25) is 0 Å². The molecule has 1 aliphatic rings. The summed E-state index contributed by atoms with van der Waals surface area (Å²) in [5.74, 6) is 0.558. The van der Waals surface area contributed by atoms with Crippen molar-refractivity contribution in [2.45, 2.75) is 18.8 Å². The molecule has 1 aliphatic heterocycles. The molecular formula is C14H18ClN3. The van der Waals surface area contributed by atoms with Crippen molar-refractivity contribution in [2.75, 3.05) is 18.8 Å². The van der Waals surface area contributed by atoms with Gasteiger partial charge in [-0.3, -0.25) is 4.98 Å². The molecule has 0 atom stereocenters. The zero-order valence-corrected chi connectivity index (χ0v) is 11.0. The summed E-state index contributed by atoms with van der Waals surface area (Å²) in [6.45, 7) is 2.16. The van der Waals surface area contributed by atoms with Gasteiger partial charge in [0, 0.05) is 22.7 Å². The smallest absolute Gasteiger partial charge is 0.0726 e. The third kappa shape index (κ3) is 2.42. The highest BCUT2D eigenvalue weighted by molar-refractivity contribution is 5.90. The first-order chi connectivity index (χ1) is 8.34. The van der Waals surface area contributed by atoms with Crippen LogP contribution in [0.15, 0.2) is 30.3 Å². The molecule has 3 rings (SSSR count). The van der Waals surface area contributed by atoms with Gasteiger partial charge in [-0.05, 0) is 38.1 Å². The van der Waals surface area contributed by atoms with Crippen molar-refractivity contribution in [2.24, 2.45) is 0 Å². The third-order valence-electron chi connectivity index (χ3n) is 3.53. The number of hydrogen-bond acceptors (Lipinski definition) is 3. The van der Waals surface area contributed by atoms with Crippen molar-refractivity contribution < 1.29 is 0 Å². The lowest BCUT2D eigenvalue weighted by molar-refractivity contribution is 0.454. The number of aromatic nitrogens is 1. The topological polar surface area (TPSA) is 50.9 Å². The minimum Gasteiger partial charge on any atom is -0.398 e. The number of halogens is 1.